The van der Waals surface area contributed by atoms with Gasteiger partial charge >= 0.3 is 0 Å². The first-order valence-electron chi connectivity index (χ1n) is 7.99. The van der Waals surface area contributed by atoms with Crippen molar-refractivity contribution in [1.29, 1.82) is 0 Å². The number of nitrogens with zero attached hydrogens (tertiary/aromatic N) is 1. The van der Waals surface area contributed by atoms with E-state index in [9.17, 15) is 8.42 Å². The number of sulfonamides is 1. The van der Waals surface area contributed by atoms with E-state index in [2.05, 4.69) is 27.3 Å². The summed E-state index contributed by atoms with van der Waals surface area (Å²) in [7, 11) is -3.49. The lowest BCUT2D eigenvalue weighted by Gasteiger charge is -2.13. The Labute approximate surface area is 163 Å². The van der Waals surface area contributed by atoms with Gasteiger partial charge in [0.05, 0.1) is 4.90 Å². The summed E-state index contributed by atoms with van der Waals surface area (Å²) in [5.74, 6) is 0.709. The van der Waals surface area contributed by atoms with Gasteiger partial charge in [-0.15, -0.1) is 24.0 Å². The van der Waals surface area contributed by atoms with Crippen molar-refractivity contribution in [2.24, 2.45) is 4.99 Å². The van der Waals surface area contributed by atoms with E-state index < -0.39 is 10.0 Å². The van der Waals surface area contributed by atoms with Crippen molar-refractivity contribution in [3.8, 4) is 0 Å². The molecule has 0 aliphatic carbocycles. The molecule has 0 fully saturated rings. The predicted molar refractivity (Wildman–Crippen MR) is 111 cm³/mol. The Hall–Kier alpha value is -0.870. The van der Waals surface area contributed by atoms with Crippen LogP contribution >= 0.6 is 24.0 Å². The molecule has 0 heterocycles. The van der Waals surface area contributed by atoms with Crippen LogP contribution in [0.5, 0.6) is 0 Å². The number of guanidine groups is 1. The number of hydrogen-bond donors (Lipinski definition) is 3. The predicted octanol–water partition coefficient (Wildman–Crippen LogP) is 2.16. The maximum atomic E-state index is 12.4. The zero-order valence-corrected chi connectivity index (χ0v) is 18.0. The molecule has 0 atom stereocenters. The van der Waals surface area contributed by atoms with E-state index in [1.165, 1.54) is 0 Å². The highest BCUT2D eigenvalue weighted by molar-refractivity contribution is 14.0. The second-order valence-electron chi connectivity index (χ2n) is 5.35. The lowest BCUT2D eigenvalue weighted by Crippen LogP contribution is -2.41. The van der Waals surface area contributed by atoms with Gasteiger partial charge in [0.2, 0.25) is 10.0 Å². The third kappa shape index (κ3) is 7.80. The number of nitrogens with one attached hydrogen (secondary N) is 3. The molecule has 1 aromatic rings. The van der Waals surface area contributed by atoms with Gasteiger partial charge in [-0.25, -0.2) is 13.1 Å². The van der Waals surface area contributed by atoms with Gasteiger partial charge < -0.3 is 10.6 Å². The Morgan fingerprint density at radius 1 is 1.12 bits per heavy atom. The highest BCUT2D eigenvalue weighted by Crippen LogP contribution is 2.16. The SMILES string of the molecule is CCCN=C(NCC)NCCNS(=O)(=O)c1cc(C)ccc1C.I. The van der Waals surface area contributed by atoms with Crippen LogP contribution in [0.3, 0.4) is 0 Å². The van der Waals surface area contributed by atoms with Crippen LogP contribution in [-0.4, -0.2) is 40.6 Å². The van der Waals surface area contributed by atoms with E-state index in [-0.39, 0.29) is 24.0 Å². The second-order valence-corrected chi connectivity index (χ2v) is 7.09. The van der Waals surface area contributed by atoms with Crippen LogP contribution in [0.4, 0.5) is 0 Å². The fourth-order valence-electron chi connectivity index (χ4n) is 2.01. The number of halogens is 1. The average molecular weight is 468 g/mol. The number of aryl methyl sites for hydroxylation is 2. The molecule has 8 heteroatoms. The summed E-state index contributed by atoms with van der Waals surface area (Å²) in [4.78, 5) is 4.70. The second kappa shape index (κ2) is 11.6. The first-order valence-corrected chi connectivity index (χ1v) is 9.48. The van der Waals surface area contributed by atoms with Crippen LogP contribution in [0.2, 0.25) is 0 Å². The lowest BCUT2D eigenvalue weighted by molar-refractivity contribution is 0.580. The van der Waals surface area contributed by atoms with E-state index >= 15 is 0 Å². The summed E-state index contributed by atoms with van der Waals surface area (Å²) in [6.45, 7) is 10.0. The molecular formula is C16H29IN4O2S. The average Bonchev–Trinajstić information content (AvgIpc) is 2.51. The summed E-state index contributed by atoms with van der Waals surface area (Å²) >= 11 is 0. The molecule has 1 rings (SSSR count). The normalized spacial score (nSPS) is 11.8. The Bertz CT molecular complexity index is 633. The molecule has 6 nitrogen and oxygen atoms in total. The maximum Gasteiger partial charge on any atom is 0.240 e. The third-order valence-corrected chi connectivity index (χ3v) is 4.78. The van der Waals surface area contributed by atoms with Crippen molar-refractivity contribution in [3.05, 3.63) is 29.3 Å². The summed E-state index contributed by atoms with van der Waals surface area (Å²) in [6, 6.07) is 5.42. The summed E-state index contributed by atoms with van der Waals surface area (Å²) in [6.07, 6.45) is 0.968. The molecule has 0 unspecified atom stereocenters. The van der Waals surface area contributed by atoms with Crippen molar-refractivity contribution >= 4 is 40.0 Å². The lowest BCUT2D eigenvalue weighted by atomic mass is 10.2. The molecule has 0 amide bonds. The van der Waals surface area contributed by atoms with Crippen LogP contribution in [0, 0.1) is 13.8 Å². The quantitative estimate of drug-likeness (QED) is 0.236. The van der Waals surface area contributed by atoms with E-state index in [4.69, 9.17) is 0 Å². The van der Waals surface area contributed by atoms with E-state index in [1.807, 2.05) is 26.0 Å². The Kier molecular flexibility index (Phi) is 11.2. The molecule has 138 valence electrons. The number of rotatable bonds is 8. The third-order valence-electron chi connectivity index (χ3n) is 3.18. The Balaban J connectivity index is 0.00000529. The van der Waals surface area contributed by atoms with Crippen molar-refractivity contribution in [2.45, 2.75) is 39.0 Å². The van der Waals surface area contributed by atoms with Crippen LogP contribution in [0.25, 0.3) is 0 Å². The largest absolute Gasteiger partial charge is 0.357 e. The van der Waals surface area contributed by atoms with Gasteiger partial charge in [-0.3, -0.25) is 4.99 Å². The standard InChI is InChI=1S/C16H28N4O2S.HI/c1-5-9-18-16(17-6-2)19-10-11-20-23(21,22)15-12-13(3)7-8-14(15)4;/h7-8,12,20H,5-6,9-11H2,1-4H3,(H2,17,18,19);1H. The molecule has 24 heavy (non-hydrogen) atoms. The van der Waals surface area contributed by atoms with Gasteiger partial charge in [0.25, 0.3) is 0 Å². The fourth-order valence-corrected chi connectivity index (χ4v) is 3.37. The first-order chi connectivity index (χ1) is 10.9. The van der Waals surface area contributed by atoms with E-state index in [1.54, 1.807) is 13.0 Å². The highest BCUT2D eigenvalue weighted by atomic mass is 127. The van der Waals surface area contributed by atoms with Gasteiger partial charge in [0.1, 0.15) is 0 Å². The smallest absolute Gasteiger partial charge is 0.240 e. The van der Waals surface area contributed by atoms with Crippen molar-refractivity contribution in [1.82, 2.24) is 15.4 Å². The topological polar surface area (TPSA) is 82.6 Å². The number of hydrogen-bond acceptors (Lipinski definition) is 3. The molecule has 0 aromatic heterocycles. The monoisotopic (exact) mass is 468 g/mol. The van der Waals surface area contributed by atoms with Gasteiger partial charge in [-0.05, 0) is 44.4 Å². The molecule has 0 bridgehead atoms. The molecule has 1 aromatic carbocycles. The molecule has 0 saturated carbocycles. The van der Waals surface area contributed by atoms with Crippen LogP contribution in [-0.2, 0) is 10.0 Å². The summed E-state index contributed by atoms with van der Waals surface area (Å²) in [5, 5.41) is 6.24. The molecule has 0 aliphatic heterocycles. The van der Waals surface area contributed by atoms with E-state index in [0.29, 0.717) is 23.9 Å². The van der Waals surface area contributed by atoms with E-state index in [0.717, 1.165) is 30.6 Å². The zero-order chi connectivity index (χ0) is 17.3. The Morgan fingerprint density at radius 2 is 1.83 bits per heavy atom. The maximum absolute atomic E-state index is 12.4. The minimum absolute atomic E-state index is 0. The molecule has 0 radical (unpaired) electrons. The molecule has 0 saturated heterocycles. The highest BCUT2D eigenvalue weighted by Gasteiger charge is 2.16. The van der Waals surface area contributed by atoms with Gasteiger partial charge in [0.15, 0.2) is 5.96 Å². The number of benzene rings is 1. The van der Waals surface area contributed by atoms with Crippen molar-refractivity contribution < 1.29 is 8.42 Å². The van der Waals surface area contributed by atoms with Gasteiger partial charge in [0, 0.05) is 26.2 Å². The summed E-state index contributed by atoms with van der Waals surface area (Å²) < 4.78 is 27.3. The first kappa shape index (κ1) is 23.1. The van der Waals surface area contributed by atoms with Crippen molar-refractivity contribution in [2.75, 3.05) is 26.2 Å². The minimum Gasteiger partial charge on any atom is -0.357 e. The van der Waals surface area contributed by atoms with Gasteiger partial charge in [-0.1, -0.05) is 19.1 Å². The Morgan fingerprint density at radius 3 is 2.46 bits per heavy atom. The van der Waals surface area contributed by atoms with Gasteiger partial charge in [-0.2, -0.15) is 0 Å². The minimum atomic E-state index is -3.49. The van der Waals surface area contributed by atoms with Crippen LogP contribution < -0.4 is 15.4 Å². The van der Waals surface area contributed by atoms with Crippen LogP contribution in [0.15, 0.2) is 28.1 Å². The summed E-state index contributed by atoms with van der Waals surface area (Å²) in [5.41, 5.74) is 1.67. The fraction of sp³-hybridized carbons (Fsp3) is 0.562. The van der Waals surface area contributed by atoms with Crippen molar-refractivity contribution in [3.63, 3.8) is 0 Å². The molecule has 0 aliphatic rings. The number of aliphatic imine (C=N–C) groups is 1. The van der Waals surface area contributed by atoms with Crippen LogP contribution in [0.1, 0.15) is 31.4 Å². The molecular weight excluding hydrogens is 439 g/mol. The molecule has 0 spiro atoms. The molecule has 3 N–H and O–H groups in total. The zero-order valence-electron chi connectivity index (χ0n) is 14.8.